The van der Waals surface area contributed by atoms with Crippen LogP contribution in [0.3, 0.4) is 0 Å². The number of hydrogen-bond acceptors (Lipinski definition) is 3. The minimum absolute atomic E-state index is 0.0256. The van der Waals surface area contributed by atoms with Crippen molar-refractivity contribution in [2.75, 3.05) is 12.8 Å². The molecule has 20 heavy (non-hydrogen) atoms. The fourth-order valence-corrected chi connectivity index (χ4v) is 3.64. The molecule has 2 atom stereocenters. The smallest absolute Gasteiger partial charge is 0.251 e. The molecule has 2 heterocycles. The molecule has 2 aliphatic heterocycles. The Morgan fingerprint density at radius 1 is 1.20 bits per heavy atom. The number of anilines is 1. The molecule has 2 fully saturated rings. The standard InChI is InChI=1S/C16H23N3O/c1-19-14-3-2-4-15(19)10-13(9-14)18-16(20)11-5-7-12(17)8-6-11/h5-8,13-15H,2-4,9-10,17H2,1H3,(H,18,20). The number of nitrogens with zero attached hydrogens (tertiary/aromatic N) is 1. The van der Waals surface area contributed by atoms with Crippen LogP contribution < -0.4 is 11.1 Å². The van der Waals surface area contributed by atoms with Crippen molar-refractivity contribution < 1.29 is 4.79 Å². The Balaban J connectivity index is 1.63. The Hall–Kier alpha value is -1.55. The summed E-state index contributed by atoms with van der Waals surface area (Å²) in [4.78, 5) is 14.8. The molecular weight excluding hydrogens is 250 g/mol. The second-order valence-corrected chi connectivity index (χ2v) is 6.17. The summed E-state index contributed by atoms with van der Waals surface area (Å²) in [6, 6.07) is 8.72. The van der Waals surface area contributed by atoms with Gasteiger partial charge in [-0.15, -0.1) is 0 Å². The van der Waals surface area contributed by atoms with E-state index in [2.05, 4.69) is 17.3 Å². The van der Waals surface area contributed by atoms with Gasteiger partial charge in [0, 0.05) is 29.4 Å². The molecule has 3 N–H and O–H groups in total. The van der Waals surface area contributed by atoms with Crippen molar-refractivity contribution in [1.82, 2.24) is 10.2 Å². The predicted octanol–water partition coefficient (Wildman–Crippen LogP) is 2.01. The Morgan fingerprint density at radius 2 is 1.80 bits per heavy atom. The SMILES string of the molecule is CN1C2CCCC1CC(NC(=O)c1ccc(N)cc1)C2. The second kappa shape index (κ2) is 5.44. The van der Waals surface area contributed by atoms with E-state index in [1.807, 2.05) is 0 Å². The van der Waals surface area contributed by atoms with Gasteiger partial charge in [-0.2, -0.15) is 0 Å². The van der Waals surface area contributed by atoms with Gasteiger partial charge in [0.05, 0.1) is 0 Å². The van der Waals surface area contributed by atoms with Gasteiger partial charge in [0.2, 0.25) is 0 Å². The highest BCUT2D eigenvalue weighted by molar-refractivity contribution is 5.94. The molecule has 4 heteroatoms. The molecule has 2 saturated heterocycles. The highest BCUT2D eigenvalue weighted by Gasteiger charge is 2.36. The van der Waals surface area contributed by atoms with Gasteiger partial charge < -0.3 is 16.0 Å². The topological polar surface area (TPSA) is 58.4 Å². The number of benzene rings is 1. The predicted molar refractivity (Wildman–Crippen MR) is 80.5 cm³/mol. The summed E-state index contributed by atoms with van der Waals surface area (Å²) in [6.07, 6.45) is 6.02. The average Bonchev–Trinajstić information content (AvgIpc) is 2.40. The maximum Gasteiger partial charge on any atom is 0.251 e. The number of nitrogen functional groups attached to an aromatic ring is 1. The highest BCUT2D eigenvalue weighted by Crippen LogP contribution is 2.32. The number of nitrogens with one attached hydrogen (secondary N) is 1. The number of amides is 1. The molecule has 2 aliphatic rings. The molecule has 1 aromatic carbocycles. The third kappa shape index (κ3) is 2.66. The van der Waals surface area contributed by atoms with Crippen molar-refractivity contribution in [1.29, 1.82) is 0 Å². The Kier molecular flexibility index (Phi) is 3.66. The van der Waals surface area contributed by atoms with Crippen molar-refractivity contribution in [3.8, 4) is 0 Å². The summed E-state index contributed by atoms with van der Waals surface area (Å²) in [5.41, 5.74) is 7.04. The van der Waals surface area contributed by atoms with E-state index in [1.54, 1.807) is 24.3 Å². The van der Waals surface area contributed by atoms with Gasteiger partial charge in [0.25, 0.3) is 5.91 Å². The van der Waals surface area contributed by atoms with Crippen LogP contribution in [0.1, 0.15) is 42.5 Å². The lowest BCUT2D eigenvalue weighted by atomic mass is 9.82. The largest absolute Gasteiger partial charge is 0.399 e. The van der Waals surface area contributed by atoms with E-state index in [9.17, 15) is 4.79 Å². The summed E-state index contributed by atoms with van der Waals surface area (Å²) in [6.45, 7) is 0. The number of carbonyl (C=O) groups excluding carboxylic acids is 1. The Labute approximate surface area is 120 Å². The number of piperidine rings is 2. The van der Waals surface area contributed by atoms with E-state index < -0.39 is 0 Å². The minimum Gasteiger partial charge on any atom is -0.399 e. The van der Waals surface area contributed by atoms with Crippen LogP contribution in [0, 0.1) is 0 Å². The molecule has 0 aliphatic carbocycles. The van der Waals surface area contributed by atoms with E-state index in [-0.39, 0.29) is 5.91 Å². The van der Waals surface area contributed by atoms with Gasteiger partial charge in [0.1, 0.15) is 0 Å². The summed E-state index contributed by atoms with van der Waals surface area (Å²) in [5, 5.41) is 3.20. The molecule has 0 aromatic heterocycles. The van der Waals surface area contributed by atoms with Crippen LogP contribution in [0.4, 0.5) is 5.69 Å². The first-order valence-corrected chi connectivity index (χ1v) is 7.52. The number of fused-ring (bicyclic) bond motifs is 2. The zero-order valence-corrected chi connectivity index (χ0v) is 12.0. The van der Waals surface area contributed by atoms with Gasteiger partial charge >= 0.3 is 0 Å². The van der Waals surface area contributed by atoms with Crippen LogP contribution in [-0.2, 0) is 0 Å². The highest BCUT2D eigenvalue weighted by atomic mass is 16.1. The lowest BCUT2D eigenvalue weighted by Crippen LogP contribution is -2.55. The van der Waals surface area contributed by atoms with Crippen LogP contribution >= 0.6 is 0 Å². The molecule has 0 spiro atoms. The van der Waals surface area contributed by atoms with Gasteiger partial charge in [0.15, 0.2) is 0 Å². The minimum atomic E-state index is 0.0256. The summed E-state index contributed by atoms with van der Waals surface area (Å²) < 4.78 is 0. The van der Waals surface area contributed by atoms with Gasteiger partial charge in [-0.1, -0.05) is 6.42 Å². The van der Waals surface area contributed by atoms with Crippen LogP contribution in [0.25, 0.3) is 0 Å². The van der Waals surface area contributed by atoms with Crippen molar-refractivity contribution in [3.05, 3.63) is 29.8 Å². The molecule has 0 saturated carbocycles. The normalized spacial score (nSPS) is 29.9. The first-order valence-electron chi connectivity index (χ1n) is 7.52. The van der Waals surface area contributed by atoms with E-state index in [1.165, 1.54) is 19.3 Å². The maximum absolute atomic E-state index is 12.3. The number of rotatable bonds is 2. The lowest BCUT2D eigenvalue weighted by Gasteiger charge is -2.47. The molecule has 3 rings (SSSR count). The van der Waals surface area contributed by atoms with Crippen molar-refractivity contribution in [3.63, 3.8) is 0 Å². The van der Waals surface area contributed by atoms with E-state index in [4.69, 9.17) is 5.73 Å². The van der Waals surface area contributed by atoms with Crippen molar-refractivity contribution in [2.24, 2.45) is 0 Å². The van der Waals surface area contributed by atoms with Gasteiger partial charge in [-0.25, -0.2) is 0 Å². The van der Waals surface area contributed by atoms with Crippen LogP contribution in [0.2, 0.25) is 0 Å². The summed E-state index contributed by atoms with van der Waals surface area (Å²) >= 11 is 0. The van der Waals surface area contributed by atoms with Crippen molar-refractivity contribution >= 4 is 11.6 Å². The third-order valence-electron chi connectivity index (χ3n) is 4.85. The first kappa shape index (κ1) is 13.4. The van der Waals surface area contributed by atoms with E-state index in [0.29, 0.717) is 29.4 Å². The van der Waals surface area contributed by atoms with E-state index >= 15 is 0 Å². The fraction of sp³-hybridized carbons (Fsp3) is 0.562. The average molecular weight is 273 g/mol. The fourth-order valence-electron chi connectivity index (χ4n) is 3.64. The molecule has 1 amide bonds. The molecule has 2 unspecified atom stereocenters. The van der Waals surface area contributed by atoms with Crippen LogP contribution in [0.15, 0.2) is 24.3 Å². The molecule has 2 bridgehead atoms. The summed E-state index contributed by atoms with van der Waals surface area (Å²) in [5.74, 6) is 0.0256. The molecular formula is C16H23N3O. The monoisotopic (exact) mass is 273 g/mol. The molecule has 0 radical (unpaired) electrons. The maximum atomic E-state index is 12.3. The Bertz CT molecular complexity index is 471. The third-order valence-corrected chi connectivity index (χ3v) is 4.85. The zero-order chi connectivity index (χ0) is 14.1. The van der Waals surface area contributed by atoms with Crippen molar-refractivity contribution in [2.45, 2.75) is 50.2 Å². The van der Waals surface area contributed by atoms with E-state index in [0.717, 1.165) is 12.8 Å². The number of carbonyl (C=O) groups is 1. The molecule has 108 valence electrons. The Morgan fingerprint density at radius 3 is 2.40 bits per heavy atom. The quantitative estimate of drug-likeness (QED) is 0.810. The van der Waals surface area contributed by atoms with Gasteiger partial charge in [-0.3, -0.25) is 4.79 Å². The van der Waals surface area contributed by atoms with Gasteiger partial charge in [-0.05, 0) is 57.0 Å². The first-order chi connectivity index (χ1) is 9.63. The summed E-state index contributed by atoms with van der Waals surface area (Å²) in [7, 11) is 2.23. The molecule has 1 aromatic rings. The zero-order valence-electron chi connectivity index (χ0n) is 12.0. The van der Waals surface area contributed by atoms with Crippen LogP contribution in [-0.4, -0.2) is 36.0 Å². The number of nitrogens with two attached hydrogens (primary N) is 1. The molecule has 4 nitrogen and oxygen atoms in total. The number of hydrogen-bond donors (Lipinski definition) is 2. The second-order valence-electron chi connectivity index (χ2n) is 6.17. The van der Waals surface area contributed by atoms with Crippen LogP contribution in [0.5, 0.6) is 0 Å². The lowest BCUT2D eigenvalue weighted by molar-refractivity contribution is 0.0463.